The van der Waals surface area contributed by atoms with Crippen molar-refractivity contribution < 1.29 is 0 Å². The Morgan fingerprint density at radius 1 is 1.00 bits per heavy atom. The van der Waals surface area contributed by atoms with E-state index < -0.39 is 0 Å². The summed E-state index contributed by atoms with van der Waals surface area (Å²) in [5.41, 5.74) is 1.72. The molecule has 1 atom stereocenters. The van der Waals surface area contributed by atoms with Crippen LogP contribution in [0.3, 0.4) is 0 Å². The minimum atomic E-state index is 0.205. The van der Waals surface area contributed by atoms with Gasteiger partial charge in [0.2, 0.25) is 0 Å². The summed E-state index contributed by atoms with van der Waals surface area (Å²) in [7, 11) is 0. The maximum atomic E-state index is 3.73. The Bertz CT molecular complexity index is 382. The van der Waals surface area contributed by atoms with E-state index in [1.165, 1.54) is 50.5 Å². The van der Waals surface area contributed by atoms with Crippen molar-refractivity contribution in [3.63, 3.8) is 0 Å². The molecular weight excluding hydrogens is 254 g/mol. The average molecular weight is 287 g/mol. The van der Waals surface area contributed by atoms with Gasteiger partial charge in [-0.1, -0.05) is 68.9 Å². The molecule has 1 unspecified atom stereocenters. The predicted molar refractivity (Wildman–Crippen MR) is 92.7 cm³/mol. The Hall–Kier alpha value is -0.820. The molecule has 1 aromatic rings. The number of hydrogen-bond acceptors (Lipinski definition) is 1. The molecule has 1 aliphatic rings. The highest BCUT2D eigenvalue weighted by molar-refractivity contribution is 5.20. The van der Waals surface area contributed by atoms with Crippen LogP contribution in [0.4, 0.5) is 0 Å². The lowest BCUT2D eigenvalue weighted by molar-refractivity contribution is 0.347. The predicted octanol–water partition coefficient (Wildman–Crippen LogP) is 5.52. The second-order valence-corrected chi connectivity index (χ2v) is 7.83. The smallest absolute Gasteiger partial charge is 0.00967 e. The SMILES string of the molecule is CC(C)(C)NCC(CC1CCCCCC1)c1ccccc1. The molecule has 1 heteroatoms. The molecule has 1 aliphatic carbocycles. The van der Waals surface area contributed by atoms with Crippen molar-refractivity contribution in [1.29, 1.82) is 0 Å². The second-order valence-electron chi connectivity index (χ2n) is 7.83. The molecule has 1 nitrogen and oxygen atoms in total. The lowest BCUT2D eigenvalue weighted by atomic mass is 9.84. The van der Waals surface area contributed by atoms with Gasteiger partial charge in [-0.3, -0.25) is 0 Å². The van der Waals surface area contributed by atoms with Gasteiger partial charge >= 0.3 is 0 Å². The first-order valence-electron chi connectivity index (χ1n) is 8.84. The van der Waals surface area contributed by atoms with Gasteiger partial charge in [-0.2, -0.15) is 0 Å². The Kier molecular flexibility index (Phi) is 6.29. The van der Waals surface area contributed by atoms with Crippen LogP contribution in [-0.4, -0.2) is 12.1 Å². The summed E-state index contributed by atoms with van der Waals surface area (Å²) in [6, 6.07) is 11.1. The van der Waals surface area contributed by atoms with Crippen molar-refractivity contribution in [2.75, 3.05) is 6.54 Å². The van der Waals surface area contributed by atoms with Crippen molar-refractivity contribution >= 4 is 0 Å². The maximum Gasteiger partial charge on any atom is 0.00967 e. The zero-order valence-corrected chi connectivity index (χ0v) is 14.2. The lowest BCUT2D eigenvalue weighted by Gasteiger charge is -2.28. The molecule has 0 heterocycles. The van der Waals surface area contributed by atoms with Crippen LogP contribution in [0.25, 0.3) is 0 Å². The highest BCUT2D eigenvalue weighted by Gasteiger charge is 2.21. The van der Waals surface area contributed by atoms with E-state index >= 15 is 0 Å². The van der Waals surface area contributed by atoms with Crippen LogP contribution in [0.5, 0.6) is 0 Å². The monoisotopic (exact) mass is 287 g/mol. The van der Waals surface area contributed by atoms with Gasteiger partial charge in [0, 0.05) is 12.1 Å². The molecule has 21 heavy (non-hydrogen) atoms. The van der Waals surface area contributed by atoms with Crippen LogP contribution in [-0.2, 0) is 0 Å². The maximum absolute atomic E-state index is 3.73. The Labute approximate surface area is 131 Å². The molecule has 1 aromatic carbocycles. The summed E-state index contributed by atoms with van der Waals surface area (Å²) in [6.07, 6.45) is 10.0. The van der Waals surface area contributed by atoms with Crippen LogP contribution >= 0.6 is 0 Å². The summed E-state index contributed by atoms with van der Waals surface area (Å²) in [4.78, 5) is 0. The fourth-order valence-corrected chi connectivity index (χ4v) is 3.49. The third kappa shape index (κ3) is 6.22. The molecule has 2 rings (SSSR count). The van der Waals surface area contributed by atoms with Gasteiger partial charge in [0.15, 0.2) is 0 Å². The van der Waals surface area contributed by atoms with Crippen LogP contribution < -0.4 is 5.32 Å². The van der Waals surface area contributed by atoms with Crippen LogP contribution in [0.1, 0.15) is 77.2 Å². The standard InChI is InChI=1S/C20H33N/c1-20(2,3)21-16-19(18-13-9-6-10-14-18)15-17-11-7-4-5-8-12-17/h6,9-10,13-14,17,19,21H,4-5,7-8,11-12,15-16H2,1-3H3. The summed E-state index contributed by atoms with van der Waals surface area (Å²) >= 11 is 0. The van der Waals surface area contributed by atoms with Crippen LogP contribution in [0, 0.1) is 5.92 Å². The Morgan fingerprint density at radius 2 is 1.62 bits per heavy atom. The molecule has 0 aliphatic heterocycles. The number of hydrogen-bond donors (Lipinski definition) is 1. The first-order chi connectivity index (χ1) is 10.0. The van der Waals surface area contributed by atoms with Gasteiger partial charge in [0.1, 0.15) is 0 Å². The molecule has 0 amide bonds. The molecule has 0 radical (unpaired) electrons. The molecule has 0 saturated heterocycles. The molecule has 1 saturated carbocycles. The molecular formula is C20H33N. The van der Waals surface area contributed by atoms with E-state index in [4.69, 9.17) is 0 Å². The summed E-state index contributed by atoms with van der Waals surface area (Å²) in [6.45, 7) is 7.89. The van der Waals surface area contributed by atoms with Crippen molar-refractivity contribution in [3.8, 4) is 0 Å². The number of rotatable bonds is 5. The summed E-state index contributed by atoms with van der Waals surface area (Å²) < 4.78 is 0. The third-order valence-corrected chi connectivity index (χ3v) is 4.74. The Balaban J connectivity index is 2.00. The third-order valence-electron chi connectivity index (χ3n) is 4.74. The fraction of sp³-hybridized carbons (Fsp3) is 0.700. The van der Waals surface area contributed by atoms with Crippen molar-refractivity contribution in [1.82, 2.24) is 5.32 Å². The minimum Gasteiger partial charge on any atom is -0.311 e. The molecule has 1 fully saturated rings. The largest absolute Gasteiger partial charge is 0.311 e. The van der Waals surface area contributed by atoms with Crippen molar-refractivity contribution in [2.24, 2.45) is 5.92 Å². The van der Waals surface area contributed by atoms with Gasteiger partial charge in [0.05, 0.1) is 0 Å². The zero-order chi connectivity index (χ0) is 15.1. The van der Waals surface area contributed by atoms with Crippen molar-refractivity contribution in [2.45, 2.75) is 77.2 Å². The summed E-state index contributed by atoms with van der Waals surface area (Å²) in [5, 5.41) is 3.73. The molecule has 0 spiro atoms. The summed E-state index contributed by atoms with van der Waals surface area (Å²) in [5.74, 6) is 1.59. The van der Waals surface area contributed by atoms with Gasteiger partial charge < -0.3 is 5.32 Å². The number of nitrogens with one attached hydrogen (secondary N) is 1. The normalized spacial score (nSPS) is 19.2. The Morgan fingerprint density at radius 3 is 2.19 bits per heavy atom. The zero-order valence-electron chi connectivity index (χ0n) is 14.2. The lowest BCUT2D eigenvalue weighted by Crippen LogP contribution is -2.39. The van der Waals surface area contributed by atoms with E-state index in [0.29, 0.717) is 5.92 Å². The molecule has 0 bridgehead atoms. The molecule has 0 aromatic heterocycles. The van der Waals surface area contributed by atoms with Gasteiger partial charge in [-0.05, 0) is 44.6 Å². The highest BCUT2D eigenvalue weighted by atomic mass is 14.9. The number of benzene rings is 1. The molecule has 1 N–H and O–H groups in total. The first kappa shape index (κ1) is 16.5. The van der Waals surface area contributed by atoms with E-state index in [9.17, 15) is 0 Å². The quantitative estimate of drug-likeness (QED) is 0.703. The van der Waals surface area contributed by atoms with Gasteiger partial charge in [-0.15, -0.1) is 0 Å². The van der Waals surface area contributed by atoms with E-state index in [-0.39, 0.29) is 5.54 Å². The first-order valence-corrected chi connectivity index (χ1v) is 8.84. The second kappa shape index (κ2) is 7.98. The molecule has 118 valence electrons. The van der Waals surface area contributed by atoms with Crippen molar-refractivity contribution in [3.05, 3.63) is 35.9 Å². The topological polar surface area (TPSA) is 12.0 Å². The van der Waals surface area contributed by atoms with E-state index in [2.05, 4.69) is 56.4 Å². The van der Waals surface area contributed by atoms with E-state index in [1.54, 1.807) is 0 Å². The van der Waals surface area contributed by atoms with Gasteiger partial charge in [-0.25, -0.2) is 0 Å². The van der Waals surface area contributed by atoms with Crippen LogP contribution in [0.2, 0.25) is 0 Å². The highest BCUT2D eigenvalue weighted by Crippen LogP contribution is 2.32. The van der Waals surface area contributed by atoms with E-state index in [1.807, 2.05) is 0 Å². The minimum absolute atomic E-state index is 0.205. The average Bonchev–Trinajstić information content (AvgIpc) is 2.72. The van der Waals surface area contributed by atoms with Gasteiger partial charge in [0.25, 0.3) is 0 Å². The van der Waals surface area contributed by atoms with Crippen LogP contribution in [0.15, 0.2) is 30.3 Å². The van der Waals surface area contributed by atoms with E-state index in [0.717, 1.165) is 12.5 Å². The fourth-order valence-electron chi connectivity index (χ4n) is 3.49.